The Kier molecular flexibility index (Phi) is 4.18. The monoisotopic (exact) mass is 226 g/mol. The van der Waals surface area contributed by atoms with Gasteiger partial charge in [0, 0.05) is 12.6 Å². The average molecular weight is 226 g/mol. The molecule has 2 fully saturated rings. The molecule has 2 saturated carbocycles. The van der Waals surface area contributed by atoms with Crippen LogP contribution < -0.4 is 5.32 Å². The topological polar surface area (TPSA) is 52.6 Å². The number of aliphatic hydroxyl groups is 1. The molecular weight excluding hydrogens is 204 g/mol. The van der Waals surface area contributed by atoms with Crippen LogP contribution in [0.2, 0.25) is 0 Å². The molecule has 0 aromatic carbocycles. The van der Waals surface area contributed by atoms with Crippen LogP contribution in [0.25, 0.3) is 0 Å². The fourth-order valence-electron chi connectivity index (χ4n) is 2.12. The SMILES string of the molecule is O=C(CNCC1CC1)N(CCO)C1CCC1. The lowest BCUT2D eigenvalue weighted by atomic mass is 9.91. The van der Waals surface area contributed by atoms with Gasteiger partial charge in [0.15, 0.2) is 0 Å². The van der Waals surface area contributed by atoms with Gasteiger partial charge in [-0.15, -0.1) is 0 Å². The average Bonchev–Trinajstić information content (AvgIpc) is 2.98. The van der Waals surface area contributed by atoms with Crippen molar-refractivity contribution in [3.05, 3.63) is 0 Å². The largest absolute Gasteiger partial charge is 0.395 e. The number of nitrogens with one attached hydrogen (secondary N) is 1. The fourth-order valence-corrected chi connectivity index (χ4v) is 2.12. The molecule has 92 valence electrons. The summed E-state index contributed by atoms with van der Waals surface area (Å²) < 4.78 is 0. The molecule has 4 nitrogen and oxygen atoms in total. The normalized spacial score (nSPS) is 20.6. The summed E-state index contributed by atoms with van der Waals surface area (Å²) in [5, 5.41) is 12.2. The summed E-state index contributed by atoms with van der Waals surface area (Å²) in [5.74, 6) is 0.960. The second kappa shape index (κ2) is 5.64. The Morgan fingerprint density at radius 1 is 1.31 bits per heavy atom. The highest BCUT2D eigenvalue weighted by atomic mass is 16.3. The maximum absolute atomic E-state index is 11.9. The molecule has 0 heterocycles. The lowest BCUT2D eigenvalue weighted by Gasteiger charge is -2.37. The van der Waals surface area contributed by atoms with E-state index in [9.17, 15) is 4.79 Å². The minimum absolute atomic E-state index is 0.0743. The summed E-state index contributed by atoms with van der Waals surface area (Å²) in [6.45, 7) is 1.98. The second-order valence-electron chi connectivity index (χ2n) is 4.97. The zero-order chi connectivity index (χ0) is 11.4. The number of rotatable bonds is 7. The lowest BCUT2D eigenvalue weighted by Crippen LogP contribution is -2.48. The highest BCUT2D eigenvalue weighted by molar-refractivity contribution is 5.78. The van der Waals surface area contributed by atoms with Gasteiger partial charge in [0.25, 0.3) is 0 Å². The van der Waals surface area contributed by atoms with Crippen LogP contribution in [0.15, 0.2) is 0 Å². The minimum Gasteiger partial charge on any atom is -0.395 e. The molecule has 2 rings (SSSR count). The Labute approximate surface area is 97.0 Å². The molecule has 2 aliphatic carbocycles. The summed E-state index contributed by atoms with van der Waals surface area (Å²) in [7, 11) is 0. The predicted molar refractivity (Wildman–Crippen MR) is 62.0 cm³/mol. The number of carbonyl (C=O) groups excluding carboxylic acids is 1. The number of nitrogens with zero attached hydrogens (tertiary/aromatic N) is 1. The van der Waals surface area contributed by atoms with Gasteiger partial charge in [-0.2, -0.15) is 0 Å². The van der Waals surface area contributed by atoms with Crippen LogP contribution in [0.4, 0.5) is 0 Å². The van der Waals surface area contributed by atoms with E-state index < -0.39 is 0 Å². The number of hydrogen-bond acceptors (Lipinski definition) is 3. The van der Waals surface area contributed by atoms with Gasteiger partial charge in [-0.05, 0) is 44.6 Å². The summed E-state index contributed by atoms with van der Waals surface area (Å²) in [6, 6.07) is 0.391. The molecule has 0 unspecified atom stereocenters. The highest BCUT2D eigenvalue weighted by Gasteiger charge is 2.28. The number of carbonyl (C=O) groups is 1. The van der Waals surface area contributed by atoms with E-state index in [1.165, 1.54) is 19.3 Å². The van der Waals surface area contributed by atoms with Crippen molar-refractivity contribution in [1.82, 2.24) is 10.2 Å². The molecule has 2 aliphatic rings. The zero-order valence-corrected chi connectivity index (χ0v) is 9.82. The molecule has 1 amide bonds. The van der Waals surface area contributed by atoms with E-state index in [0.29, 0.717) is 19.1 Å². The van der Waals surface area contributed by atoms with Crippen LogP contribution in [0, 0.1) is 5.92 Å². The van der Waals surface area contributed by atoms with Gasteiger partial charge in [0.05, 0.1) is 13.2 Å². The standard InChI is InChI=1S/C12H22N2O2/c15-7-6-14(11-2-1-3-11)12(16)9-13-8-10-4-5-10/h10-11,13,15H,1-9H2. The van der Waals surface area contributed by atoms with Gasteiger partial charge in [-0.25, -0.2) is 0 Å². The molecule has 16 heavy (non-hydrogen) atoms. The maximum Gasteiger partial charge on any atom is 0.236 e. The third-order valence-electron chi connectivity index (χ3n) is 3.58. The van der Waals surface area contributed by atoms with E-state index in [2.05, 4.69) is 5.32 Å². The van der Waals surface area contributed by atoms with Crippen LogP contribution in [-0.4, -0.2) is 48.2 Å². The van der Waals surface area contributed by atoms with E-state index in [0.717, 1.165) is 25.3 Å². The van der Waals surface area contributed by atoms with E-state index >= 15 is 0 Å². The van der Waals surface area contributed by atoms with E-state index in [-0.39, 0.29) is 12.5 Å². The third kappa shape index (κ3) is 3.19. The summed E-state index contributed by atoms with van der Waals surface area (Å²) in [5.41, 5.74) is 0. The van der Waals surface area contributed by atoms with Crippen molar-refractivity contribution in [2.24, 2.45) is 5.92 Å². The van der Waals surface area contributed by atoms with Crippen molar-refractivity contribution >= 4 is 5.91 Å². The van der Waals surface area contributed by atoms with Gasteiger partial charge < -0.3 is 15.3 Å². The minimum atomic E-state index is 0.0743. The second-order valence-corrected chi connectivity index (χ2v) is 4.97. The first-order chi connectivity index (χ1) is 7.81. The Balaban J connectivity index is 1.69. The van der Waals surface area contributed by atoms with Crippen molar-refractivity contribution in [3.63, 3.8) is 0 Å². The molecular formula is C12H22N2O2. The van der Waals surface area contributed by atoms with Crippen molar-refractivity contribution in [1.29, 1.82) is 0 Å². The molecule has 0 spiro atoms. The number of aliphatic hydroxyl groups excluding tert-OH is 1. The Hall–Kier alpha value is -0.610. The van der Waals surface area contributed by atoms with E-state index in [1.54, 1.807) is 0 Å². The molecule has 0 aromatic rings. The van der Waals surface area contributed by atoms with Crippen molar-refractivity contribution in [2.75, 3.05) is 26.2 Å². The quantitative estimate of drug-likeness (QED) is 0.659. The van der Waals surface area contributed by atoms with Crippen molar-refractivity contribution in [2.45, 2.75) is 38.1 Å². The smallest absolute Gasteiger partial charge is 0.236 e. The molecule has 0 aliphatic heterocycles. The van der Waals surface area contributed by atoms with E-state index in [1.807, 2.05) is 4.90 Å². The molecule has 0 saturated heterocycles. The van der Waals surface area contributed by atoms with E-state index in [4.69, 9.17) is 5.11 Å². The third-order valence-corrected chi connectivity index (χ3v) is 3.58. The molecule has 2 N–H and O–H groups in total. The molecule has 0 aromatic heterocycles. The van der Waals surface area contributed by atoms with Crippen molar-refractivity contribution in [3.8, 4) is 0 Å². The summed E-state index contributed by atoms with van der Waals surface area (Å²) in [4.78, 5) is 13.8. The zero-order valence-electron chi connectivity index (χ0n) is 9.82. The van der Waals surface area contributed by atoms with Gasteiger partial charge in [0.1, 0.15) is 0 Å². The molecule has 4 heteroatoms. The summed E-state index contributed by atoms with van der Waals surface area (Å²) >= 11 is 0. The van der Waals surface area contributed by atoms with Gasteiger partial charge in [-0.1, -0.05) is 0 Å². The summed E-state index contributed by atoms with van der Waals surface area (Å²) in [6.07, 6.45) is 6.05. The predicted octanol–water partition coefficient (Wildman–Crippen LogP) is 0.359. The van der Waals surface area contributed by atoms with Crippen LogP contribution in [0.1, 0.15) is 32.1 Å². The lowest BCUT2D eigenvalue weighted by molar-refractivity contribution is -0.134. The van der Waals surface area contributed by atoms with Crippen LogP contribution in [0.3, 0.4) is 0 Å². The first-order valence-corrected chi connectivity index (χ1v) is 6.42. The first kappa shape index (κ1) is 11.9. The molecule has 0 radical (unpaired) electrons. The van der Waals surface area contributed by atoms with Crippen LogP contribution >= 0.6 is 0 Å². The molecule has 0 bridgehead atoms. The molecule has 0 atom stereocenters. The number of amides is 1. The Bertz CT molecular complexity index is 237. The maximum atomic E-state index is 11.9. The van der Waals surface area contributed by atoms with Gasteiger partial charge in [-0.3, -0.25) is 4.79 Å². The van der Waals surface area contributed by atoms with Gasteiger partial charge >= 0.3 is 0 Å². The van der Waals surface area contributed by atoms with Crippen LogP contribution in [0.5, 0.6) is 0 Å². The van der Waals surface area contributed by atoms with Crippen molar-refractivity contribution < 1.29 is 9.90 Å². The highest BCUT2D eigenvalue weighted by Crippen LogP contribution is 2.27. The Morgan fingerprint density at radius 2 is 2.06 bits per heavy atom. The first-order valence-electron chi connectivity index (χ1n) is 6.42. The van der Waals surface area contributed by atoms with Gasteiger partial charge in [0.2, 0.25) is 5.91 Å². The number of hydrogen-bond donors (Lipinski definition) is 2. The van der Waals surface area contributed by atoms with Crippen LogP contribution in [-0.2, 0) is 4.79 Å². The Morgan fingerprint density at radius 3 is 2.56 bits per heavy atom. The fraction of sp³-hybridized carbons (Fsp3) is 0.917.